The van der Waals surface area contributed by atoms with Gasteiger partial charge < -0.3 is 14.8 Å². The number of halogens is 1. The molecule has 0 unspecified atom stereocenters. The van der Waals surface area contributed by atoms with Crippen LogP contribution in [0.15, 0.2) is 52.9 Å². The van der Waals surface area contributed by atoms with Crippen molar-refractivity contribution in [3.05, 3.63) is 70.6 Å². The standard InChI is InChI=1S/C19H15ClN4O3/c20-15-6-4-12(5-7-15)9-17(26)22-16(11-25)19-24-23-18(27-19)14-3-1-2-13(8-14)10-21/h1-8,16,25H,9,11H2,(H,22,26)/t16-/m1/s1. The topological polar surface area (TPSA) is 112 Å². The maximum Gasteiger partial charge on any atom is 0.247 e. The number of hydrogen-bond acceptors (Lipinski definition) is 6. The van der Waals surface area contributed by atoms with Crippen molar-refractivity contribution in [1.29, 1.82) is 5.26 Å². The van der Waals surface area contributed by atoms with Gasteiger partial charge in [-0.05, 0) is 35.9 Å². The van der Waals surface area contributed by atoms with Crippen LogP contribution in [-0.2, 0) is 11.2 Å². The Morgan fingerprint density at radius 2 is 2.04 bits per heavy atom. The monoisotopic (exact) mass is 382 g/mol. The molecule has 136 valence electrons. The quantitative estimate of drug-likeness (QED) is 0.677. The van der Waals surface area contributed by atoms with Crippen LogP contribution in [0.4, 0.5) is 0 Å². The number of nitrogens with zero attached hydrogens (tertiary/aromatic N) is 3. The van der Waals surface area contributed by atoms with Crippen LogP contribution in [0.5, 0.6) is 0 Å². The van der Waals surface area contributed by atoms with E-state index in [4.69, 9.17) is 21.3 Å². The van der Waals surface area contributed by atoms with E-state index >= 15 is 0 Å². The van der Waals surface area contributed by atoms with Crippen molar-refractivity contribution in [2.75, 3.05) is 6.61 Å². The molecule has 2 N–H and O–H groups in total. The molecule has 0 spiro atoms. The van der Waals surface area contributed by atoms with Crippen molar-refractivity contribution in [2.24, 2.45) is 0 Å². The third kappa shape index (κ3) is 4.70. The first-order valence-electron chi connectivity index (χ1n) is 8.07. The average molecular weight is 383 g/mol. The number of nitriles is 1. The summed E-state index contributed by atoms with van der Waals surface area (Å²) < 4.78 is 5.57. The van der Waals surface area contributed by atoms with Crippen LogP contribution in [0.1, 0.15) is 23.1 Å². The average Bonchev–Trinajstić information content (AvgIpc) is 3.18. The molecule has 3 aromatic rings. The first-order valence-corrected chi connectivity index (χ1v) is 8.45. The fourth-order valence-electron chi connectivity index (χ4n) is 2.43. The van der Waals surface area contributed by atoms with Crippen LogP contribution >= 0.6 is 11.6 Å². The molecule has 0 aliphatic carbocycles. The normalized spacial score (nSPS) is 11.6. The van der Waals surface area contributed by atoms with Crippen molar-refractivity contribution in [2.45, 2.75) is 12.5 Å². The summed E-state index contributed by atoms with van der Waals surface area (Å²) in [4.78, 5) is 12.2. The Balaban J connectivity index is 1.70. The van der Waals surface area contributed by atoms with Crippen molar-refractivity contribution < 1.29 is 14.3 Å². The van der Waals surface area contributed by atoms with Gasteiger partial charge in [-0.15, -0.1) is 10.2 Å². The summed E-state index contributed by atoms with van der Waals surface area (Å²) in [6, 6.07) is 14.8. The SMILES string of the molecule is N#Cc1cccc(-c2nnc([C@@H](CO)NC(=O)Cc3ccc(Cl)cc3)o2)c1. The van der Waals surface area contributed by atoms with Gasteiger partial charge in [-0.3, -0.25) is 4.79 Å². The number of nitrogens with one attached hydrogen (secondary N) is 1. The van der Waals surface area contributed by atoms with Crippen molar-refractivity contribution in [1.82, 2.24) is 15.5 Å². The molecule has 0 radical (unpaired) electrons. The smallest absolute Gasteiger partial charge is 0.247 e. The summed E-state index contributed by atoms with van der Waals surface area (Å²) in [6.07, 6.45) is 0.124. The predicted molar refractivity (Wildman–Crippen MR) is 97.6 cm³/mol. The molecule has 7 nitrogen and oxygen atoms in total. The number of carbonyl (C=O) groups is 1. The van der Waals surface area contributed by atoms with Crippen LogP contribution in [0.3, 0.4) is 0 Å². The maximum absolute atomic E-state index is 12.2. The zero-order valence-corrected chi connectivity index (χ0v) is 14.8. The highest BCUT2D eigenvalue weighted by Gasteiger charge is 2.21. The van der Waals surface area contributed by atoms with Crippen LogP contribution < -0.4 is 5.32 Å². The predicted octanol–water partition coefficient (Wildman–Crippen LogP) is 2.65. The number of aromatic nitrogens is 2. The number of amides is 1. The Morgan fingerprint density at radius 1 is 1.26 bits per heavy atom. The van der Waals surface area contributed by atoms with Gasteiger partial charge in [0.2, 0.25) is 17.7 Å². The lowest BCUT2D eigenvalue weighted by Gasteiger charge is -2.12. The highest BCUT2D eigenvalue weighted by atomic mass is 35.5. The van der Waals surface area contributed by atoms with Crippen molar-refractivity contribution in [3.63, 3.8) is 0 Å². The Kier molecular flexibility index (Phi) is 5.81. The van der Waals surface area contributed by atoms with Crippen LogP contribution in [0.25, 0.3) is 11.5 Å². The molecule has 0 saturated heterocycles. The highest BCUT2D eigenvalue weighted by molar-refractivity contribution is 6.30. The molecule has 1 amide bonds. The fourth-order valence-corrected chi connectivity index (χ4v) is 2.56. The van der Waals surface area contributed by atoms with Gasteiger partial charge in [-0.25, -0.2) is 0 Å². The van der Waals surface area contributed by atoms with E-state index in [-0.39, 0.29) is 24.1 Å². The zero-order valence-electron chi connectivity index (χ0n) is 14.1. The molecule has 0 saturated carbocycles. The third-order valence-electron chi connectivity index (χ3n) is 3.77. The van der Waals surface area contributed by atoms with E-state index in [9.17, 15) is 9.90 Å². The molecular formula is C19H15ClN4O3. The Labute approximate surface area is 160 Å². The van der Waals surface area contributed by atoms with Gasteiger partial charge in [0.1, 0.15) is 6.04 Å². The van der Waals surface area contributed by atoms with Crippen LogP contribution in [0, 0.1) is 11.3 Å². The van der Waals surface area contributed by atoms with Gasteiger partial charge in [0.15, 0.2) is 0 Å². The summed E-state index contributed by atoms with van der Waals surface area (Å²) in [5, 5.41) is 29.6. The fraction of sp³-hybridized carbons (Fsp3) is 0.158. The van der Waals surface area contributed by atoms with Gasteiger partial charge in [-0.1, -0.05) is 29.8 Å². The second kappa shape index (κ2) is 8.45. The molecule has 0 fully saturated rings. The van der Waals surface area contributed by atoms with E-state index in [1.807, 2.05) is 6.07 Å². The molecule has 0 bridgehead atoms. The van der Waals surface area contributed by atoms with Gasteiger partial charge >= 0.3 is 0 Å². The minimum atomic E-state index is -0.829. The molecule has 1 aromatic heterocycles. The minimum Gasteiger partial charge on any atom is -0.418 e. The van der Waals surface area contributed by atoms with Gasteiger partial charge in [0.05, 0.1) is 24.7 Å². The Bertz CT molecular complexity index is 979. The first-order chi connectivity index (χ1) is 13.1. The van der Waals surface area contributed by atoms with Crippen molar-refractivity contribution in [3.8, 4) is 17.5 Å². The molecule has 2 aromatic carbocycles. The molecule has 3 rings (SSSR count). The Hall–Kier alpha value is -3.21. The van der Waals surface area contributed by atoms with E-state index in [2.05, 4.69) is 15.5 Å². The summed E-state index contributed by atoms with van der Waals surface area (Å²) in [5.74, 6) is -0.0191. The number of benzene rings is 2. The van der Waals surface area contributed by atoms with Crippen LogP contribution in [-0.4, -0.2) is 27.8 Å². The van der Waals surface area contributed by atoms with E-state index < -0.39 is 12.6 Å². The second-order valence-electron chi connectivity index (χ2n) is 5.74. The minimum absolute atomic E-state index is 0.0827. The molecule has 8 heteroatoms. The number of carbonyl (C=O) groups excluding carboxylic acids is 1. The second-order valence-corrected chi connectivity index (χ2v) is 6.18. The molecule has 27 heavy (non-hydrogen) atoms. The van der Waals surface area contributed by atoms with Crippen molar-refractivity contribution >= 4 is 17.5 Å². The molecule has 1 heterocycles. The molecule has 1 atom stereocenters. The number of rotatable bonds is 6. The number of aliphatic hydroxyl groups is 1. The lowest BCUT2D eigenvalue weighted by molar-refractivity contribution is -0.121. The van der Waals surface area contributed by atoms with Gasteiger partial charge in [0.25, 0.3) is 0 Å². The van der Waals surface area contributed by atoms with Gasteiger partial charge in [-0.2, -0.15) is 5.26 Å². The molecular weight excluding hydrogens is 368 g/mol. The number of hydrogen-bond donors (Lipinski definition) is 2. The zero-order chi connectivity index (χ0) is 19.2. The van der Waals surface area contributed by atoms with E-state index in [0.717, 1.165) is 5.56 Å². The molecule has 0 aliphatic heterocycles. The first kappa shape index (κ1) is 18.6. The third-order valence-corrected chi connectivity index (χ3v) is 4.03. The largest absolute Gasteiger partial charge is 0.418 e. The lowest BCUT2D eigenvalue weighted by atomic mass is 10.1. The van der Waals surface area contributed by atoms with Gasteiger partial charge in [0, 0.05) is 10.6 Å². The van der Waals surface area contributed by atoms with E-state index in [1.54, 1.807) is 48.5 Å². The summed E-state index contributed by atoms with van der Waals surface area (Å²) in [7, 11) is 0. The summed E-state index contributed by atoms with van der Waals surface area (Å²) in [5.41, 5.74) is 1.83. The molecule has 0 aliphatic rings. The Morgan fingerprint density at radius 3 is 2.74 bits per heavy atom. The highest BCUT2D eigenvalue weighted by Crippen LogP contribution is 2.21. The maximum atomic E-state index is 12.2. The lowest BCUT2D eigenvalue weighted by Crippen LogP contribution is -2.32. The van der Waals surface area contributed by atoms with E-state index in [1.165, 1.54) is 0 Å². The summed E-state index contributed by atoms with van der Waals surface area (Å²) >= 11 is 5.83. The number of aliphatic hydroxyl groups excluding tert-OH is 1. The van der Waals surface area contributed by atoms with E-state index in [0.29, 0.717) is 16.1 Å². The van der Waals surface area contributed by atoms with Crippen LogP contribution in [0.2, 0.25) is 5.02 Å². The summed E-state index contributed by atoms with van der Waals surface area (Å²) in [6.45, 7) is -0.397.